The van der Waals surface area contributed by atoms with Gasteiger partial charge in [-0.25, -0.2) is 0 Å². The molecule has 0 spiro atoms. The second kappa shape index (κ2) is 6.69. The van der Waals surface area contributed by atoms with Crippen LogP contribution in [0.25, 0.3) is 0 Å². The first kappa shape index (κ1) is 17.0. The predicted molar refractivity (Wildman–Crippen MR) is 98.2 cm³/mol. The van der Waals surface area contributed by atoms with Gasteiger partial charge in [0.15, 0.2) is 0 Å². The molecule has 3 heteroatoms. The number of carbonyl (C=O) groups is 1. The van der Waals surface area contributed by atoms with Crippen molar-refractivity contribution in [3.8, 4) is 0 Å². The molecule has 7 atom stereocenters. The van der Waals surface area contributed by atoms with E-state index in [0.717, 1.165) is 41.8 Å². The largest absolute Gasteiger partial charge is 0.482 e. The topological polar surface area (TPSA) is 37.3 Å². The second-order valence-electron chi connectivity index (χ2n) is 9.66. The van der Waals surface area contributed by atoms with Crippen LogP contribution >= 0.6 is 0 Å². The minimum absolute atomic E-state index is 0.243. The van der Waals surface area contributed by atoms with Crippen molar-refractivity contribution in [1.29, 1.82) is 0 Å². The molecule has 4 aliphatic carbocycles. The molecule has 0 saturated heterocycles. The van der Waals surface area contributed by atoms with Crippen LogP contribution < -0.4 is 0 Å². The molecule has 0 aromatic rings. The highest BCUT2D eigenvalue weighted by molar-refractivity contribution is 6.40. The first-order valence-corrected chi connectivity index (χ1v) is 10.6. The number of aliphatic carboxylic acids is 1. The van der Waals surface area contributed by atoms with Crippen LogP contribution in [0.15, 0.2) is 0 Å². The van der Waals surface area contributed by atoms with E-state index < -0.39 is 5.97 Å². The lowest BCUT2D eigenvalue weighted by Crippen LogP contribution is -2.48. The van der Waals surface area contributed by atoms with Crippen LogP contribution in [0.2, 0.25) is 12.6 Å². The summed E-state index contributed by atoms with van der Waals surface area (Å²) < 4.78 is 0. The lowest BCUT2D eigenvalue weighted by Gasteiger charge is -2.56. The van der Waals surface area contributed by atoms with Gasteiger partial charge in [-0.15, -0.1) is 0 Å². The molecule has 0 aromatic carbocycles. The highest BCUT2D eigenvalue weighted by Gasteiger charge is 2.56. The van der Waals surface area contributed by atoms with Crippen LogP contribution in [0, 0.1) is 40.9 Å². The van der Waals surface area contributed by atoms with E-state index in [0.29, 0.717) is 5.41 Å². The average Bonchev–Trinajstić information content (AvgIpc) is 2.91. The summed E-state index contributed by atoms with van der Waals surface area (Å²) in [5, 5.41) is 8.92. The third-order valence-corrected chi connectivity index (χ3v) is 8.85. The van der Waals surface area contributed by atoms with Gasteiger partial charge in [0.05, 0.1) is 0 Å². The Hall–Kier alpha value is -0.465. The Kier molecular flexibility index (Phi) is 4.73. The Morgan fingerprint density at radius 3 is 2.67 bits per heavy atom. The van der Waals surface area contributed by atoms with E-state index in [1.165, 1.54) is 64.2 Å². The van der Waals surface area contributed by atoms with Crippen molar-refractivity contribution in [2.75, 3.05) is 0 Å². The van der Waals surface area contributed by atoms with Gasteiger partial charge in [-0.05, 0) is 79.4 Å². The van der Waals surface area contributed by atoms with E-state index in [2.05, 4.69) is 6.92 Å². The molecular weight excluding hydrogens is 295 g/mol. The monoisotopic (exact) mass is 329 g/mol. The maximum Gasteiger partial charge on any atom is 0.295 e. The molecule has 133 valence electrons. The van der Waals surface area contributed by atoms with Crippen LogP contribution in [0.4, 0.5) is 0 Å². The first-order chi connectivity index (χ1) is 11.6. The van der Waals surface area contributed by atoms with Crippen molar-refractivity contribution in [2.24, 2.45) is 40.9 Å². The van der Waals surface area contributed by atoms with E-state index in [4.69, 9.17) is 5.11 Å². The summed E-state index contributed by atoms with van der Waals surface area (Å²) in [6.07, 6.45) is 15.9. The molecule has 4 aliphatic rings. The van der Waals surface area contributed by atoms with Gasteiger partial charge in [0.2, 0.25) is 0 Å². The molecule has 0 aromatic heterocycles. The Morgan fingerprint density at radius 1 is 1.00 bits per heavy atom. The van der Waals surface area contributed by atoms with Gasteiger partial charge in [-0.2, -0.15) is 0 Å². The van der Waals surface area contributed by atoms with Crippen LogP contribution in [-0.2, 0) is 4.79 Å². The molecule has 4 rings (SSSR count). The summed E-state index contributed by atoms with van der Waals surface area (Å²) in [6, 6.07) is 0. The Balaban J connectivity index is 1.44. The number of rotatable bonds is 4. The second-order valence-corrected chi connectivity index (χ2v) is 9.66. The third kappa shape index (κ3) is 2.84. The van der Waals surface area contributed by atoms with Gasteiger partial charge in [-0.3, -0.25) is 4.79 Å². The van der Waals surface area contributed by atoms with Crippen molar-refractivity contribution >= 4 is 13.2 Å². The molecule has 24 heavy (non-hydrogen) atoms. The minimum Gasteiger partial charge on any atom is -0.482 e. The molecule has 4 fully saturated rings. The van der Waals surface area contributed by atoms with Crippen molar-refractivity contribution < 1.29 is 9.90 Å². The number of fused-ring (bicyclic) bond motifs is 5. The van der Waals surface area contributed by atoms with Gasteiger partial charge in [0.25, 0.3) is 5.97 Å². The van der Waals surface area contributed by atoms with Gasteiger partial charge < -0.3 is 5.11 Å². The Bertz CT molecular complexity index is 478. The Morgan fingerprint density at radius 2 is 1.83 bits per heavy atom. The van der Waals surface area contributed by atoms with Crippen molar-refractivity contribution in [2.45, 2.75) is 83.8 Å². The summed E-state index contributed by atoms with van der Waals surface area (Å²) in [6.45, 7) is 2.56. The zero-order valence-electron chi connectivity index (χ0n) is 15.4. The van der Waals surface area contributed by atoms with E-state index in [9.17, 15) is 4.79 Å². The predicted octanol–water partition coefficient (Wildman–Crippen LogP) is 5.27. The van der Waals surface area contributed by atoms with Gasteiger partial charge in [-0.1, -0.05) is 38.9 Å². The van der Waals surface area contributed by atoms with Gasteiger partial charge in [0, 0.05) is 6.32 Å². The lowest BCUT2D eigenvalue weighted by atomic mass is 9.48. The first-order valence-electron chi connectivity index (χ1n) is 10.6. The molecule has 0 bridgehead atoms. The standard InChI is InChI=1S/C21H34BO2/c1-21-11-10-17-16-5-3-2-4-14(16)6-8-18(17)19(21)9-7-15(21)12-22-13-20(23)24/h14-19H,2-13H2,1H3,(H,23,24). The summed E-state index contributed by atoms with van der Waals surface area (Å²) >= 11 is 0. The number of carboxylic acid groups (broad SMARTS) is 1. The van der Waals surface area contributed by atoms with Gasteiger partial charge >= 0.3 is 0 Å². The van der Waals surface area contributed by atoms with Crippen molar-refractivity contribution in [3.05, 3.63) is 0 Å². The fourth-order valence-electron chi connectivity index (χ4n) is 7.73. The molecular formula is C21H34BO2. The third-order valence-electron chi connectivity index (χ3n) is 8.85. The SMILES string of the molecule is CC12CCC3C4CCCCC4CCC3C1CCC2C[B]CC(=O)O. The van der Waals surface area contributed by atoms with E-state index in [1.807, 2.05) is 7.28 Å². The Labute approximate surface area is 148 Å². The minimum atomic E-state index is -0.672. The van der Waals surface area contributed by atoms with E-state index in [-0.39, 0.29) is 6.32 Å². The fourth-order valence-corrected chi connectivity index (χ4v) is 7.73. The molecule has 0 aliphatic heterocycles. The maximum atomic E-state index is 10.8. The summed E-state index contributed by atoms with van der Waals surface area (Å²) in [7, 11) is 2.05. The molecule has 0 amide bonds. The normalized spacial score (nSPS) is 47.4. The maximum absolute atomic E-state index is 10.8. The summed E-state index contributed by atoms with van der Waals surface area (Å²) in [5.41, 5.74) is 0.498. The van der Waals surface area contributed by atoms with Crippen LogP contribution in [-0.4, -0.2) is 18.4 Å². The number of carboxylic acids is 1. The van der Waals surface area contributed by atoms with Crippen LogP contribution in [0.1, 0.15) is 71.1 Å². The van der Waals surface area contributed by atoms with Crippen molar-refractivity contribution in [1.82, 2.24) is 0 Å². The number of hydrogen-bond acceptors (Lipinski definition) is 1. The smallest absolute Gasteiger partial charge is 0.295 e. The van der Waals surface area contributed by atoms with Crippen molar-refractivity contribution in [3.63, 3.8) is 0 Å². The van der Waals surface area contributed by atoms with Crippen LogP contribution in [0.3, 0.4) is 0 Å². The van der Waals surface area contributed by atoms with Crippen LogP contribution in [0.5, 0.6) is 0 Å². The van der Waals surface area contributed by atoms with E-state index >= 15 is 0 Å². The zero-order valence-corrected chi connectivity index (χ0v) is 15.4. The quantitative estimate of drug-likeness (QED) is 0.713. The summed E-state index contributed by atoms with van der Waals surface area (Å²) in [4.78, 5) is 10.8. The van der Waals surface area contributed by atoms with Gasteiger partial charge in [0.1, 0.15) is 7.28 Å². The fraction of sp³-hybridized carbons (Fsp3) is 0.952. The highest BCUT2D eigenvalue weighted by atomic mass is 16.4. The molecule has 0 heterocycles. The molecule has 4 saturated carbocycles. The molecule has 7 unspecified atom stereocenters. The highest BCUT2D eigenvalue weighted by Crippen LogP contribution is 2.64. The molecule has 1 N–H and O–H groups in total. The lowest BCUT2D eigenvalue weighted by molar-refractivity contribution is -0.134. The van der Waals surface area contributed by atoms with E-state index in [1.54, 1.807) is 0 Å². The zero-order chi connectivity index (χ0) is 16.7. The summed E-state index contributed by atoms with van der Waals surface area (Å²) in [5.74, 6) is 5.14. The molecule has 2 nitrogen and oxygen atoms in total. The number of hydrogen-bond donors (Lipinski definition) is 1. The average molecular weight is 329 g/mol. The molecule has 1 radical (unpaired) electrons.